The number of amides is 2. The van der Waals surface area contributed by atoms with Crippen molar-refractivity contribution in [1.82, 2.24) is 14.7 Å². The van der Waals surface area contributed by atoms with Crippen molar-refractivity contribution in [2.45, 2.75) is 25.7 Å². The quantitative estimate of drug-likeness (QED) is 0.630. The predicted molar refractivity (Wildman–Crippen MR) is 128 cm³/mol. The molecule has 1 N–H and O–H groups in total. The first kappa shape index (κ1) is 23.1. The zero-order valence-corrected chi connectivity index (χ0v) is 19.2. The fourth-order valence-corrected chi connectivity index (χ4v) is 4.10. The molecule has 0 fully saturated rings. The first-order valence-corrected chi connectivity index (χ1v) is 11.0. The van der Waals surface area contributed by atoms with Gasteiger partial charge in [0.2, 0.25) is 5.91 Å². The van der Waals surface area contributed by atoms with Crippen molar-refractivity contribution in [3.05, 3.63) is 93.8 Å². The summed E-state index contributed by atoms with van der Waals surface area (Å²) in [6, 6.07) is 13.0. The number of hydrogen-bond donors (Lipinski definition) is 1. The molecular weight excluding hydrogens is 435 g/mol. The monoisotopic (exact) mass is 460 g/mol. The molecule has 2 heterocycles. The third-order valence-corrected chi connectivity index (χ3v) is 6.07. The van der Waals surface area contributed by atoms with Gasteiger partial charge in [0, 0.05) is 50.1 Å². The number of aryl methyl sites for hydroxylation is 2. The molecule has 34 heavy (non-hydrogen) atoms. The number of carbonyl (C=O) groups is 2. The molecule has 1 aromatic heterocycles. The molecule has 2 amide bonds. The maximum Gasteiger partial charge on any atom is 0.274 e. The van der Waals surface area contributed by atoms with Crippen LogP contribution in [0.5, 0.6) is 0 Å². The summed E-state index contributed by atoms with van der Waals surface area (Å²) in [6.45, 7) is 1.98. The number of nitrogens with zero attached hydrogens (tertiary/aromatic N) is 3. The maximum absolute atomic E-state index is 13.5. The summed E-state index contributed by atoms with van der Waals surface area (Å²) in [5, 5.41) is 6.94. The molecule has 4 rings (SSSR count). The summed E-state index contributed by atoms with van der Waals surface area (Å²) in [7, 11) is 3.19. The lowest BCUT2D eigenvalue weighted by atomic mass is 9.85. The summed E-state index contributed by atoms with van der Waals surface area (Å²) in [5.41, 5.74) is 3.48. The van der Waals surface area contributed by atoms with Gasteiger partial charge in [0.1, 0.15) is 5.82 Å². The normalized spacial score (nSPS) is 15.8. The molecule has 0 saturated carbocycles. The van der Waals surface area contributed by atoms with Crippen LogP contribution in [0, 0.1) is 5.82 Å². The molecular formula is C26H25FN4O3. The van der Waals surface area contributed by atoms with Crippen LogP contribution in [0.25, 0.3) is 11.1 Å². The number of halogens is 1. The van der Waals surface area contributed by atoms with E-state index in [1.165, 1.54) is 27.9 Å². The van der Waals surface area contributed by atoms with Gasteiger partial charge >= 0.3 is 0 Å². The Kier molecular flexibility index (Phi) is 6.40. The maximum atomic E-state index is 13.5. The molecule has 3 aromatic rings. The van der Waals surface area contributed by atoms with Gasteiger partial charge in [-0.3, -0.25) is 14.4 Å². The van der Waals surface area contributed by atoms with E-state index in [4.69, 9.17) is 0 Å². The van der Waals surface area contributed by atoms with Crippen LogP contribution in [0.15, 0.2) is 71.3 Å². The van der Waals surface area contributed by atoms with Crippen molar-refractivity contribution < 1.29 is 14.0 Å². The average molecular weight is 461 g/mol. The van der Waals surface area contributed by atoms with E-state index < -0.39 is 5.92 Å². The van der Waals surface area contributed by atoms with Gasteiger partial charge in [-0.1, -0.05) is 31.2 Å². The van der Waals surface area contributed by atoms with E-state index >= 15 is 0 Å². The van der Waals surface area contributed by atoms with Crippen LogP contribution in [0.1, 0.15) is 30.4 Å². The van der Waals surface area contributed by atoms with E-state index in [1.807, 2.05) is 19.1 Å². The predicted octanol–water partition coefficient (Wildman–Crippen LogP) is 3.62. The number of anilines is 1. The lowest BCUT2D eigenvalue weighted by Crippen LogP contribution is -2.33. The van der Waals surface area contributed by atoms with E-state index in [0.717, 1.165) is 5.56 Å². The van der Waals surface area contributed by atoms with E-state index in [1.54, 1.807) is 44.6 Å². The second kappa shape index (κ2) is 9.43. The minimum absolute atomic E-state index is 0.106. The first-order chi connectivity index (χ1) is 16.3. The van der Waals surface area contributed by atoms with Gasteiger partial charge < -0.3 is 10.2 Å². The van der Waals surface area contributed by atoms with Gasteiger partial charge in [0.25, 0.3) is 11.5 Å². The van der Waals surface area contributed by atoms with Gasteiger partial charge in [-0.15, -0.1) is 0 Å². The number of hydrogen-bond acceptors (Lipinski definition) is 4. The molecule has 1 aliphatic rings. The van der Waals surface area contributed by atoms with Crippen molar-refractivity contribution in [3.8, 4) is 11.1 Å². The van der Waals surface area contributed by atoms with Crippen LogP contribution >= 0.6 is 0 Å². The highest BCUT2D eigenvalue weighted by molar-refractivity contribution is 6.07. The molecule has 0 saturated heterocycles. The molecule has 8 heteroatoms. The smallest absolute Gasteiger partial charge is 0.274 e. The Morgan fingerprint density at radius 1 is 1.12 bits per heavy atom. The van der Waals surface area contributed by atoms with Crippen molar-refractivity contribution in [1.29, 1.82) is 0 Å². The number of carbonyl (C=O) groups excluding carboxylic acids is 2. The Morgan fingerprint density at radius 2 is 1.85 bits per heavy atom. The second-order valence-corrected chi connectivity index (χ2v) is 8.25. The van der Waals surface area contributed by atoms with Crippen LogP contribution in [-0.2, 0) is 23.1 Å². The lowest BCUT2D eigenvalue weighted by Gasteiger charge is -2.28. The summed E-state index contributed by atoms with van der Waals surface area (Å²) in [4.78, 5) is 39.7. The van der Waals surface area contributed by atoms with Crippen LogP contribution in [0.3, 0.4) is 0 Å². The minimum atomic E-state index is -0.495. The van der Waals surface area contributed by atoms with Crippen LogP contribution < -0.4 is 10.9 Å². The Balaban J connectivity index is 1.70. The molecule has 0 aliphatic carbocycles. The Morgan fingerprint density at radius 3 is 2.56 bits per heavy atom. The zero-order chi connectivity index (χ0) is 24.4. The third-order valence-electron chi connectivity index (χ3n) is 6.07. The first-order valence-electron chi connectivity index (χ1n) is 11.0. The van der Waals surface area contributed by atoms with Crippen molar-refractivity contribution in [3.63, 3.8) is 0 Å². The number of rotatable bonds is 5. The summed E-state index contributed by atoms with van der Waals surface area (Å²) in [5.74, 6) is -1.37. The Labute approximate surface area is 196 Å². The van der Waals surface area contributed by atoms with Crippen molar-refractivity contribution in [2.24, 2.45) is 7.05 Å². The number of aromatic nitrogens is 2. The van der Waals surface area contributed by atoms with E-state index in [-0.39, 0.29) is 29.6 Å². The molecule has 0 bridgehead atoms. The molecule has 0 radical (unpaired) electrons. The molecule has 2 aromatic carbocycles. The second-order valence-electron chi connectivity index (χ2n) is 8.25. The Bertz CT molecular complexity index is 1340. The Hall–Kier alpha value is -4.07. The minimum Gasteiger partial charge on any atom is -0.322 e. The molecule has 0 spiro atoms. The molecule has 1 unspecified atom stereocenters. The summed E-state index contributed by atoms with van der Waals surface area (Å²) >= 11 is 0. The van der Waals surface area contributed by atoms with Gasteiger partial charge in [-0.05, 0) is 47.4 Å². The van der Waals surface area contributed by atoms with Crippen LogP contribution in [0.4, 0.5) is 10.1 Å². The highest BCUT2D eigenvalue weighted by Gasteiger charge is 2.31. The summed E-state index contributed by atoms with van der Waals surface area (Å²) < 4.78 is 14.7. The van der Waals surface area contributed by atoms with Crippen molar-refractivity contribution >= 4 is 17.5 Å². The molecule has 1 aliphatic heterocycles. The zero-order valence-electron chi connectivity index (χ0n) is 19.2. The lowest BCUT2D eigenvalue weighted by molar-refractivity contribution is -0.128. The molecule has 174 valence electrons. The van der Waals surface area contributed by atoms with Gasteiger partial charge in [-0.25, -0.2) is 9.07 Å². The highest BCUT2D eigenvalue weighted by atomic mass is 19.1. The average Bonchev–Trinajstić information content (AvgIpc) is 2.83. The van der Waals surface area contributed by atoms with E-state index in [9.17, 15) is 18.8 Å². The SMILES string of the molecule is CCc1ccc(-c2ccnn(C)c2=O)cc1NC(=O)C1=CN(C)C(=O)CC1c1ccc(F)cc1. The van der Waals surface area contributed by atoms with Gasteiger partial charge in [-0.2, -0.15) is 5.10 Å². The fraction of sp³-hybridized carbons (Fsp3) is 0.231. The third kappa shape index (κ3) is 4.52. The van der Waals surface area contributed by atoms with Crippen molar-refractivity contribution in [2.75, 3.05) is 12.4 Å². The fourth-order valence-electron chi connectivity index (χ4n) is 4.10. The molecule has 1 atom stereocenters. The summed E-state index contributed by atoms with van der Waals surface area (Å²) in [6.07, 6.45) is 3.86. The van der Waals surface area contributed by atoms with Gasteiger partial charge in [0.05, 0.1) is 5.56 Å². The number of benzene rings is 2. The highest BCUT2D eigenvalue weighted by Crippen LogP contribution is 2.34. The van der Waals surface area contributed by atoms with E-state index in [0.29, 0.717) is 34.4 Å². The standard InChI is InChI=1S/C26H25FN4O3/c1-4-16-5-6-18(20-11-12-28-31(3)26(20)34)13-23(16)29-25(33)22-15-30(2)24(32)14-21(22)17-7-9-19(27)10-8-17/h5-13,15,21H,4,14H2,1-3H3,(H,29,33). The largest absolute Gasteiger partial charge is 0.322 e. The van der Waals surface area contributed by atoms with Crippen LogP contribution in [-0.4, -0.2) is 33.5 Å². The van der Waals surface area contributed by atoms with E-state index in [2.05, 4.69) is 10.4 Å². The number of nitrogens with one attached hydrogen (secondary N) is 1. The topological polar surface area (TPSA) is 84.3 Å². The molecule has 7 nitrogen and oxygen atoms in total. The van der Waals surface area contributed by atoms with Gasteiger partial charge in [0.15, 0.2) is 0 Å². The van der Waals surface area contributed by atoms with Crippen LogP contribution in [0.2, 0.25) is 0 Å².